The normalized spacial score (nSPS) is 26.4. The fourth-order valence-electron chi connectivity index (χ4n) is 6.12. The zero-order valence-corrected chi connectivity index (χ0v) is 21.0. The predicted octanol–water partition coefficient (Wildman–Crippen LogP) is 2.04. The lowest BCUT2D eigenvalue weighted by Crippen LogP contribution is -2.44. The number of hydrogen-bond donors (Lipinski definition) is 2. The molecule has 2 fully saturated rings. The van der Waals surface area contributed by atoms with Crippen molar-refractivity contribution < 1.29 is 38.3 Å². The molecule has 0 saturated carbocycles. The van der Waals surface area contributed by atoms with Crippen molar-refractivity contribution >= 4 is 5.97 Å². The summed E-state index contributed by atoms with van der Waals surface area (Å²) in [5.74, 6) is 0.753. The number of morpholine rings is 1. The van der Waals surface area contributed by atoms with Crippen LogP contribution in [0.3, 0.4) is 0 Å². The van der Waals surface area contributed by atoms with Gasteiger partial charge in [0.25, 0.3) is 0 Å². The van der Waals surface area contributed by atoms with Gasteiger partial charge in [0.1, 0.15) is 0 Å². The molecule has 2 saturated heterocycles. The van der Waals surface area contributed by atoms with E-state index in [-0.39, 0.29) is 47.9 Å². The van der Waals surface area contributed by atoms with Gasteiger partial charge in [0.2, 0.25) is 12.5 Å². The second-order valence-corrected chi connectivity index (χ2v) is 9.79. The summed E-state index contributed by atoms with van der Waals surface area (Å²) in [6, 6.07) is 7.45. The van der Waals surface area contributed by atoms with E-state index in [1.807, 2.05) is 12.1 Å². The minimum atomic E-state index is -0.423. The van der Waals surface area contributed by atoms with E-state index in [0.29, 0.717) is 18.1 Å². The van der Waals surface area contributed by atoms with Crippen LogP contribution in [-0.2, 0) is 14.3 Å². The van der Waals surface area contributed by atoms with Crippen LogP contribution in [-0.4, -0.2) is 83.0 Å². The van der Waals surface area contributed by atoms with Gasteiger partial charge in [0.05, 0.1) is 40.0 Å². The van der Waals surface area contributed by atoms with Crippen LogP contribution in [0.1, 0.15) is 28.7 Å². The van der Waals surface area contributed by atoms with Crippen LogP contribution in [0.4, 0.5) is 0 Å². The van der Waals surface area contributed by atoms with Crippen molar-refractivity contribution in [1.29, 1.82) is 0 Å². The van der Waals surface area contributed by atoms with Crippen LogP contribution in [0.5, 0.6) is 28.7 Å². The SMILES string of the molecule is COc1cc(C2c3cc4c(cc3[C@@H](NCCN3CCOCC3)C3COC(=O)[C@H]23)OCO4)cc(OC)c1O. The summed E-state index contributed by atoms with van der Waals surface area (Å²) in [5, 5.41) is 14.3. The van der Waals surface area contributed by atoms with Gasteiger partial charge in [0, 0.05) is 44.1 Å². The largest absolute Gasteiger partial charge is 0.502 e. The highest BCUT2D eigenvalue weighted by atomic mass is 16.7. The number of rotatable bonds is 7. The number of esters is 1. The molecule has 4 aliphatic rings. The van der Waals surface area contributed by atoms with Crippen LogP contribution in [0.25, 0.3) is 0 Å². The van der Waals surface area contributed by atoms with Crippen LogP contribution in [0.15, 0.2) is 24.3 Å². The van der Waals surface area contributed by atoms with E-state index in [1.165, 1.54) is 14.2 Å². The monoisotopic (exact) mass is 512 g/mol. The third kappa shape index (κ3) is 4.22. The number of hydrogen-bond acceptors (Lipinski definition) is 10. The number of nitrogens with zero attached hydrogens (tertiary/aromatic N) is 1. The molecule has 2 aromatic rings. The fraction of sp³-hybridized carbons (Fsp3) is 0.519. The van der Waals surface area contributed by atoms with Gasteiger partial charge in [-0.3, -0.25) is 9.69 Å². The highest BCUT2D eigenvalue weighted by Crippen LogP contribution is 2.55. The molecule has 2 aromatic carbocycles. The van der Waals surface area contributed by atoms with Gasteiger partial charge in [-0.2, -0.15) is 0 Å². The number of cyclic esters (lactones) is 1. The van der Waals surface area contributed by atoms with E-state index in [0.717, 1.165) is 56.1 Å². The van der Waals surface area contributed by atoms with Crippen molar-refractivity contribution in [2.24, 2.45) is 11.8 Å². The number of methoxy groups -OCH3 is 2. The molecule has 198 valence electrons. The smallest absolute Gasteiger partial charge is 0.310 e. The molecule has 0 spiro atoms. The van der Waals surface area contributed by atoms with E-state index in [4.69, 9.17) is 28.4 Å². The molecular weight excluding hydrogens is 480 g/mol. The summed E-state index contributed by atoms with van der Waals surface area (Å²) in [5.41, 5.74) is 2.82. The van der Waals surface area contributed by atoms with Crippen LogP contribution in [0.2, 0.25) is 0 Å². The van der Waals surface area contributed by atoms with E-state index >= 15 is 0 Å². The van der Waals surface area contributed by atoms with Gasteiger partial charge in [0.15, 0.2) is 23.0 Å². The number of aromatic hydroxyl groups is 1. The lowest BCUT2D eigenvalue weighted by Gasteiger charge is -2.40. The van der Waals surface area contributed by atoms with E-state index < -0.39 is 5.92 Å². The first-order valence-corrected chi connectivity index (χ1v) is 12.7. The fourth-order valence-corrected chi connectivity index (χ4v) is 6.12. The lowest BCUT2D eigenvalue weighted by atomic mass is 9.65. The Morgan fingerprint density at radius 1 is 1.00 bits per heavy atom. The molecule has 0 aromatic heterocycles. The van der Waals surface area contributed by atoms with Gasteiger partial charge in [-0.25, -0.2) is 0 Å². The summed E-state index contributed by atoms with van der Waals surface area (Å²) >= 11 is 0. The summed E-state index contributed by atoms with van der Waals surface area (Å²) < 4.78 is 33.5. The number of carbonyl (C=O) groups excluding carboxylic acids is 1. The van der Waals surface area contributed by atoms with E-state index in [1.54, 1.807) is 12.1 Å². The highest BCUT2D eigenvalue weighted by molar-refractivity contribution is 5.79. The highest BCUT2D eigenvalue weighted by Gasteiger charge is 2.52. The molecule has 0 amide bonds. The zero-order valence-electron chi connectivity index (χ0n) is 21.0. The van der Waals surface area contributed by atoms with Gasteiger partial charge in [-0.05, 0) is 41.0 Å². The van der Waals surface area contributed by atoms with Gasteiger partial charge in [-0.1, -0.05) is 0 Å². The summed E-state index contributed by atoms with van der Waals surface area (Å²) in [4.78, 5) is 15.6. The van der Waals surface area contributed by atoms with E-state index in [9.17, 15) is 9.90 Å². The Hall–Kier alpha value is -3.21. The topological polar surface area (TPSA) is 108 Å². The molecule has 3 heterocycles. The summed E-state index contributed by atoms with van der Waals surface area (Å²) in [6.07, 6.45) is 0. The number of carbonyl (C=O) groups is 1. The molecule has 3 aliphatic heterocycles. The van der Waals surface area contributed by atoms with Crippen molar-refractivity contribution in [2.75, 3.05) is 67.0 Å². The van der Waals surface area contributed by atoms with Crippen molar-refractivity contribution in [1.82, 2.24) is 10.2 Å². The predicted molar refractivity (Wildman–Crippen MR) is 132 cm³/mol. The quantitative estimate of drug-likeness (QED) is 0.535. The second-order valence-electron chi connectivity index (χ2n) is 9.79. The molecular formula is C27H32N2O8. The number of fused-ring (bicyclic) bond motifs is 3. The molecule has 2 N–H and O–H groups in total. The first kappa shape index (κ1) is 24.1. The minimum Gasteiger partial charge on any atom is -0.502 e. The number of phenols is 1. The second kappa shape index (κ2) is 9.92. The van der Waals surface area contributed by atoms with Crippen LogP contribution in [0, 0.1) is 11.8 Å². The molecule has 6 rings (SSSR count). The maximum absolute atomic E-state index is 13.2. The Morgan fingerprint density at radius 3 is 2.35 bits per heavy atom. The van der Waals surface area contributed by atoms with Gasteiger partial charge >= 0.3 is 5.97 Å². The van der Waals surface area contributed by atoms with Gasteiger partial charge in [-0.15, -0.1) is 0 Å². The third-order valence-corrected chi connectivity index (χ3v) is 7.94. The van der Waals surface area contributed by atoms with Crippen molar-refractivity contribution in [3.05, 3.63) is 41.0 Å². The summed E-state index contributed by atoms with van der Waals surface area (Å²) in [6.45, 7) is 5.49. The van der Waals surface area contributed by atoms with Gasteiger partial charge < -0.3 is 38.8 Å². The standard InChI is InChI=1S/C27H32N2O8/c1-32-21-9-15(10-22(33-2)26(21)30)23-16-11-19-20(37-14-36-19)12-17(16)25(18-13-35-27(31)24(18)23)28-3-4-29-5-7-34-8-6-29/h9-12,18,23-25,28,30H,3-8,13-14H2,1-2H3/t18?,23?,24-,25+/m0/s1. The van der Waals surface area contributed by atoms with Crippen LogP contribution >= 0.6 is 0 Å². The molecule has 10 heteroatoms. The average Bonchev–Trinajstić information content (AvgIpc) is 3.54. The number of benzene rings is 2. The molecule has 0 bridgehead atoms. The Kier molecular flexibility index (Phi) is 6.48. The number of phenolic OH excluding ortho intramolecular Hbond substituents is 1. The lowest BCUT2D eigenvalue weighted by molar-refractivity contribution is -0.141. The molecule has 37 heavy (non-hydrogen) atoms. The first-order valence-electron chi connectivity index (χ1n) is 12.7. The van der Waals surface area contributed by atoms with E-state index in [2.05, 4.69) is 10.2 Å². The average molecular weight is 513 g/mol. The molecule has 2 unspecified atom stereocenters. The minimum absolute atomic E-state index is 0.0799. The Balaban J connectivity index is 1.42. The zero-order chi connectivity index (χ0) is 25.5. The Bertz CT molecular complexity index is 1160. The Morgan fingerprint density at radius 2 is 1.68 bits per heavy atom. The van der Waals surface area contributed by atoms with Crippen molar-refractivity contribution in [3.63, 3.8) is 0 Å². The van der Waals surface area contributed by atoms with Crippen LogP contribution < -0.4 is 24.3 Å². The van der Waals surface area contributed by atoms with Crippen molar-refractivity contribution in [2.45, 2.75) is 12.0 Å². The number of nitrogens with one attached hydrogen (secondary N) is 1. The molecule has 0 radical (unpaired) electrons. The third-order valence-electron chi connectivity index (χ3n) is 7.94. The molecule has 10 nitrogen and oxygen atoms in total. The maximum Gasteiger partial charge on any atom is 0.310 e. The molecule has 1 aliphatic carbocycles. The number of ether oxygens (including phenoxy) is 6. The molecule has 4 atom stereocenters. The Labute approximate surface area is 215 Å². The summed E-state index contributed by atoms with van der Waals surface area (Å²) in [7, 11) is 2.98. The maximum atomic E-state index is 13.2. The van der Waals surface area contributed by atoms with Crippen molar-refractivity contribution in [3.8, 4) is 28.7 Å². The first-order chi connectivity index (χ1) is 18.1.